The number of hydrogen-bond acceptors (Lipinski definition) is 2. The number of nitrogens with zero attached hydrogens (tertiary/aromatic N) is 1. The van der Waals surface area contributed by atoms with E-state index in [1.807, 2.05) is 6.92 Å². The van der Waals surface area contributed by atoms with Gasteiger partial charge in [-0.15, -0.1) is 0 Å². The Kier molecular flexibility index (Phi) is 2.44. The number of likely N-dealkylation sites (tertiary alicyclic amines) is 1. The zero-order valence-corrected chi connectivity index (χ0v) is 6.69. The molecule has 0 aromatic rings. The summed E-state index contributed by atoms with van der Waals surface area (Å²) in [6, 6.07) is 0.115. The van der Waals surface area contributed by atoms with Gasteiger partial charge in [-0.2, -0.15) is 0 Å². The van der Waals surface area contributed by atoms with Crippen molar-refractivity contribution in [2.45, 2.75) is 25.3 Å². The molecule has 1 heterocycles. The van der Waals surface area contributed by atoms with Crippen LogP contribution in [0.3, 0.4) is 0 Å². The summed E-state index contributed by atoms with van der Waals surface area (Å²) in [7, 11) is 0. The second kappa shape index (κ2) is 3.03. The average molecular weight is 164 g/mol. The highest BCUT2D eigenvalue weighted by molar-refractivity contribution is 4.86. The molecule has 4 heteroatoms. The number of rotatable bonds is 3. The fraction of sp³-hybridized carbons (Fsp3) is 1.00. The lowest BCUT2D eigenvalue weighted by atomic mass is 10.1. The Labute approximate surface area is 65.4 Å². The quantitative estimate of drug-likeness (QED) is 0.664. The zero-order chi connectivity index (χ0) is 8.48. The van der Waals surface area contributed by atoms with Gasteiger partial charge in [0.05, 0.1) is 13.1 Å². The van der Waals surface area contributed by atoms with Gasteiger partial charge in [0.15, 0.2) is 0 Å². The second-order valence-corrected chi connectivity index (χ2v) is 3.33. The molecule has 1 aliphatic rings. The number of nitrogens with two attached hydrogens (primary N) is 1. The first-order valence-corrected chi connectivity index (χ1v) is 3.85. The van der Waals surface area contributed by atoms with Crippen molar-refractivity contribution in [3.8, 4) is 0 Å². The van der Waals surface area contributed by atoms with Gasteiger partial charge in [-0.05, 0) is 13.3 Å². The molecule has 1 aliphatic heterocycles. The Morgan fingerprint density at radius 2 is 2.09 bits per heavy atom. The van der Waals surface area contributed by atoms with Crippen LogP contribution in [0.1, 0.15) is 13.3 Å². The van der Waals surface area contributed by atoms with Gasteiger partial charge in [0.1, 0.15) is 0 Å². The van der Waals surface area contributed by atoms with E-state index >= 15 is 0 Å². The molecule has 0 spiro atoms. The number of halogens is 2. The smallest absolute Gasteiger partial charge is 0.272 e. The fourth-order valence-corrected chi connectivity index (χ4v) is 1.15. The Morgan fingerprint density at radius 1 is 1.55 bits per heavy atom. The molecule has 0 radical (unpaired) electrons. The highest BCUT2D eigenvalue weighted by Crippen LogP contribution is 2.26. The molecule has 2 nitrogen and oxygen atoms in total. The maximum absolute atomic E-state index is 12.2. The van der Waals surface area contributed by atoms with Crippen LogP contribution in [0, 0.1) is 0 Å². The molecule has 1 saturated heterocycles. The Bertz CT molecular complexity index is 128. The largest absolute Gasteiger partial charge is 0.328 e. The highest BCUT2D eigenvalue weighted by atomic mass is 19.3. The second-order valence-electron chi connectivity index (χ2n) is 3.33. The molecule has 1 rings (SSSR count). The summed E-state index contributed by atoms with van der Waals surface area (Å²) in [5.74, 6) is -2.43. The molecule has 0 amide bonds. The lowest BCUT2D eigenvalue weighted by Crippen LogP contribution is -2.56. The molecule has 11 heavy (non-hydrogen) atoms. The monoisotopic (exact) mass is 164 g/mol. The van der Waals surface area contributed by atoms with Crippen molar-refractivity contribution >= 4 is 0 Å². The molecule has 0 saturated carbocycles. The minimum Gasteiger partial charge on any atom is -0.328 e. The van der Waals surface area contributed by atoms with E-state index < -0.39 is 5.92 Å². The molecule has 0 bridgehead atoms. The van der Waals surface area contributed by atoms with E-state index in [0.29, 0.717) is 6.54 Å². The van der Waals surface area contributed by atoms with E-state index in [-0.39, 0.29) is 19.1 Å². The molecule has 66 valence electrons. The fourth-order valence-electron chi connectivity index (χ4n) is 1.15. The topological polar surface area (TPSA) is 29.3 Å². The molecule has 2 N–H and O–H groups in total. The number of alkyl halides is 2. The first-order chi connectivity index (χ1) is 4.99. The summed E-state index contributed by atoms with van der Waals surface area (Å²) in [5, 5.41) is 0. The van der Waals surface area contributed by atoms with Crippen LogP contribution in [0.15, 0.2) is 0 Å². The summed E-state index contributed by atoms with van der Waals surface area (Å²) in [6.07, 6.45) is 0.802. The third kappa shape index (κ3) is 2.71. The zero-order valence-electron chi connectivity index (χ0n) is 6.69. The third-order valence-electron chi connectivity index (χ3n) is 1.81. The van der Waals surface area contributed by atoms with Crippen LogP contribution >= 0.6 is 0 Å². The van der Waals surface area contributed by atoms with Crippen LogP contribution in [-0.4, -0.2) is 36.5 Å². The van der Waals surface area contributed by atoms with Crippen LogP contribution in [0.25, 0.3) is 0 Å². The van der Waals surface area contributed by atoms with Crippen molar-refractivity contribution in [2.75, 3.05) is 19.6 Å². The van der Waals surface area contributed by atoms with Crippen LogP contribution in [0.2, 0.25) is 0 Å². The van der Waals surface area contributed by atoms with Crippen LogP contribution in [-0.2, 0) is 0 Å². The van der Waals surface area contributed by atoms with Gasteiger partial charge in [-0.25, -0.2) is 8.78 Å². The molecule has 1 unspecified atom stereocenters. The van der Waals surface area contributed by atoms with Crippen molar-refractivity contribution < 1.29 is 8.78 Å². The summed E-state index contributed by atoms with van der Waals surface area (Å²) in [6.45, 7) is 2.42. The molecular formula is C7H14F2N2. The minimum absolute atomic E-state index is 0.0836. The van der Waals surface area contributed by atoms with Crippen molar-refractivity contribution in [2.24, 2.45) is 5.73 Å². The lowest BCUT2D eigenvalue weighted by Gasteiger charge is -2.38. The molecule has 0 aromatic carbocycles. The normalized spacial score (nSPS) is 26.2. The molecule has 0 aliphatic carbocycles. The third-order valence-corrected chi connectivity index (χ3v) is 1.81. The molecule has 0 aromatic heterocycles. The average Bonchev–Trinajstić information content (AvgIpc) is 1.78. The summed E-state index contributed by atoms with van der Waals surface area (Å²) in [5.41, 5.74) is 5.47. The Hall–Kier alpha value is -0.220. The van der Waals surface area contributed by atoms with Crippen LogP contribution in [0.4, 0.5) is 8.78 Å². The Morgan fingerprint density at radius 3 is 2.45 bits per heavy atom. The van der Waals surface area contributed by atoms with Gasteiger partial charge in [0.25, 0.3) is 5.92 Å². The lowest BCUT2D eigenvalue weighted by molar-refractivity contribution is -0.130. The standard InChI is InChI=1S/C7H14F2N2/c1-6(10)2-3-11-4-7(8,9)5-11/h6H,2-5,10H2,1H3. The van der Waals surface area contributed by atoms with Gasteiger partial charge in [-0.3, -0.25) is 4.90 Å². The van der Waals surface area contributed by atoms with Gasteiger partial charge >= 0.3 is 0 Å². The van der Waals surface area contributed by atoms with Gasteiger partial charge in [-0.1, -0.05) is 0 Å². The van der Waals surface area contributed by atoms with Crippen molar-refractivity contribution in [1.29, 1.82) is 0 Å². The van der Waals surface area contributed by atoms with Gasteiger partial charge < -0.3 is 5.73 Å². The summed E-state index contributed by atoms with van der Waals surface area (Å²) in [4.78, 5) is 1.73. The van der Waals surface area contributed by atoms with Crippen LogP contribution < -0.4 is 5.73 Å². The predicted molar refractivity (Wildman–Crippen MR) is 39.7 cm³/mol. The predicted octanol–water partition coefficient (Wildman–Crippen LogP) is 0.675. The van der Waals surface area contributed by atoms with Gasteiger partial charge in [0.2, 0.25) is 0 Å². The SMILES string of the molecule is CC(N)CCN1CC(F)(F)C1. The van der Waals surface area contributed by atoms with E-state index in [9.17, 15) is 8.78 Å². The van der Waals surface area contributed by atoms with E-state index in [0.717, 1.165) is 6.42 Å². The molecular weight excluding hydrogens is 150 g/mol. The van der Waals surface area contributed by atoms with E-state index in [1.54, 1.807) is 4.90 Å². The van der Waals surface area contributed by atoms with Crippen molar-refractivity contribution in [3.05, 3.63) is 0 Å². The van der Waals surface area contributed by atoms with E-state index in [4.69, 9.17) is 5.73 Å². The van der Waals surface area contributed by atoms with Crippen molar-refractivity contribution in [3.63, 3.8) is 0 Å². The van der Waals surface area contributed by atoms with E-state index in [1.165, 1.54) is 0 Å². The maximum Gasteiger partial charge on any atom is 0.272 e. The Balaban J connectivity index is 2.05. The van der Waals surface area contributed by atoms with Crippen LogP contribution in [0.5, 0.6) is 0 Å². The first-order valence-electron chi connectivity index (χ1n) is 3.85. The maximum atomic E-state index is 12.2. The first kappa shape index (κ1) is 8.87. The van der Waals surface area contributed by atoms with E-state index in [2.05, 4.69) is 0 Å². The molecule has 1 atom stereocenters. The molecule has 1 fully saturated rings. The minimum atomic E-state index is -2.43. The summed E-state index contributed by atoms with van der Waals surface area (Å²) >= 11 is 0. The summed E-state index contributed by atoms with van der Waals surface area (Å²) < 4.78 is 24.5. The van der Waals surface area contributed by atoms with Crippen molar-refractivity contribution in [1.82, 2.24) is 4.90 Å². The number of hydrogen-bond donors (Lipinski definition) is 1. The van der Waals surface area contributed by atoms with Gasteiger partial charge in [0, 0.05) is 12.6 Å². The highest BCUT2D eigenvalue weighted by Gasteiger charge is 2.43.